The largest absolute Gasteiger partial charge is 0.349 e. The van der Waals surface area contributed by atoms with Crippen LogP contribution in [-0.4, -0.2) is 55.8 Å². The van der Waals surface area contributed by atoms with Crippen molar-refractivity contribution in [3.63, 3.8) is 0 Å². The van der Waals surface area contributed by atoms with E-state index in [4.69, 9.17) is 0 Å². The number of hydrogen-bond donors (Lipinski definition) is 1. The molecule has 1 N–H and O–H groups in total. The quantitative estimate of drug-likeness (QED) is 0.529. The van der Waals surface area contributed by atoms with Gasteiger partial charge in [-0.3, -0.25) is 18.6 Å². The highest BCUT2D eigenvalue weighted by Crippen LogP contribution is 2.26. The van der Waals surface area contributed by atoms with Crippen LogP contribution in [0.25, 0.3) is 22.7 Å². The Morgan fingerprint density at radius 3 is 2.59 bits per heavy atom. The van der Waals surface area contributed by atoms with Crippen molar-refractivity contribution in [2.24, 2.45) is 0 Å². The lowest BCUT2D eigenvalue weighted by Gasteiger charge is -2.11. The average molecular weight is 428 g/mol. The zero-order valence-electron chi connectivity index (χ0n) is 18.2. The van der Waals surface area contributed by atoms with Gasteiger partial charge in [0, 0.05) is 43.7 Å². The zero-order chi connectivity index (χ0) is 22.4. The Balaban J connectivity index is 1.50. The molecule has 1 aromatic carbocycles. The summed E-state index contributed by atoms with van der Waals surface area (Å²) in [5.41, 5.74) is 4.65. The van der Waals surface area contributed by atoms with Crippen molar-refractivity contribution in [2.75, 3.05) is 14.1 Å². The van der Waals surface area contributed by atoms with Gasteiger partial charge in [-0.15, -0.1) is 0 Å². The molecule has 5 rings (SSSR count). The van der Waals surface area contributed by atoms with E-state index < -0.39 is 0 Å². The van der Waals surface area contributed by atoms with Gasteiger partial charge in [0.2, 0.25) is 0 Å². The third kappa shape index (κ3) is 3.64. The van der Waals surface area contributed by atoms with Gasteiger partial charge in [-0.1, -0.05) is 6.07 Å². The monoisotopic (exact) mass is 428 g/mol. The molecule has 8 heteroatoms. The number of aryl methyl sites for hydroxylation is 1. The van der Waals surface area contributed by atoms with E-state index in [-0.39, 0.29) is 11.8 Å². The van der Waals surface area contributed by atoms with Crippen LogP contribution >= 0.6 is 0 Å². The van der Waals surface area contributed by atoms with E-state index in [0.29, 0.717) is 17.2 Å². The molecular formula is C24H24N6O2. The van der Waals surface area contributed by atoms with Gasteiger partial charge >= 0.3 is 0 Å². The van der Waals surface area contributed by atoms with Crippen LogP contribution in [0, 0.1) is 6.92 Å². The molecule has 1 aliphatic rings. The van der Waals surface area contributed by atoms with Gasteiger partial charge in [-0.25, -0.2) is 9.97 Å². The lowest BCUT2D eigenvalue weighted by Crippen LogP contribution is -2.25. The summed E-state index contributed by atoms with van der Waals surface area (Å²) < 4.78 is 3.74. The Morgan fingerprint density at radius 1 is 1.06 bits per heavy atom. The molecule has 0 atom stereocenters. The third-order valence-electron chi connectivity index (χ3n) is 5.67. The topological polar surface area (TPSA) is 84.5 Å². The van der Waals surface area contributed by atoms with E-state index in [0.717, 1.165) is 41.1 Å². The van der Waals surface area contributed by atoms with Gasteiger partial charge in [0.1, 0.15) is 17.8 Å². The number of hydrogen-bond acceptors (Lipinski definition) is 4. The first-order chi connectivity index (χ1) is 15.4. The molecular weight excluding hydrogens is 404 g/mol. The van der Waals surface area contributed by atoms with E-state index in [1.807, 2.05) is 46.4 Å². The molecule has 0 spiro atoms. The number of pyridine rings is 1. The Kier molecular flexibility index (Phi) is 4.77. The minimum absolute atomic E-state index is 0.0481. The summed E-state index contributed by atoms with van der Waals surface area (Å²) in [5, 5.41) is 3.03. The maximum Gasteiger partial charge on any atom is 0.254 e. The summed E-state index contributed by atoms with van der Waals surface area (Å²) in [7, 11) is 3.45. The number of nitrogens with one attached hydrogen (secondary N) is 1. The second-order valence-corrected chi connectivity index (χ2v) is 8.41. The molecule has 1 fully saturated rings. The molecule has 1 aliphatic carbocycles. The lowest BCUT2D eigenvalue weighted by atomic mass is 10.0. The standard InChI is InChI=1S/C24H24N6O2/c1-15-4-5-16(23(31)27-18-7-8-18)10-19(15)20-13-29(14-26-20)22-11-25-21-9-6-17(12-30(21)22)24(32)28(2)3/h4-6,9-14,18H,7-8H2,1-3H3,(H,27,31). The van der Waals surface area contributed by atoms with Gasteiger partial charge in [-0.2, -0.15) is 0 Å². The first-order valence-corrected chi connectivity index (χ1v) is 10.6. The predicted octanol–water partition coefficient (Wildman–Crippen LogP) is 3.09. The highest BCUT2D eigenvalue weighted by molar-refractivity contribution is 5.96. The zero-order valence-corrected chi connectivity index (χ0v) is 18.2. The van der Waals surface area contributed by atoms with Crippen LogP contribution < -0.4 is 5.32 Å². The van der Waals surface area contributed by atoms with Gasteiger partial charge in [-0.05, 0) is 49.6 Å². The fourth-order valence-corrected chi connectivity index (χ4v) is 3.67. The van der Waals surface area contributed by atoms with E-state index in [1.165, 1.54) is 0 Å². The molecule has 0 aliphatic heterocycles. The Hall–Kier alpha value is -3.94. The van der Waals surface area contributed by atoms with Crippen LogP contribution in [0.15, 0.2) is 55.2 Å². The minimum Gasteiger partial charge on any atom is -0.349 e. The van der Waals surface area contributed by atoms with E-state index >= 15 is 0 Å². The first kappa shape index (κ1) is 20.0. The summed E-state index contributed by atoms with van der Waals surface area (Å²) >= 11 is 0. The third-order valence-corrected chi connectivity index (χ3v) is 5.67. The van der Waals surface area contributed by atoms with E-state index in [2.05, 4.69) is 15.3 Å². The Morgan fingerprint density at radius 2 is 1.84 bits per heavy atom. The number of aromatic nitrogens is 4. The SMILES string of the molecule is Cc1ccc(C(=O)NC2CC2)cc1-c1cn(-c2cnc3ccc(C(=O)N(C)C)cn23)cn1. The van der Waals surface area contributed by atoms with Crippen molar-refractivity contribution in [3.05, 3.63) is 71.9 Å². The number of benzene rings is 1. The van der Waals surface area contributed by atoms with Crippen LogP contribution in [0.5, 0.6) is 0 Å². The molecule has 0 radical (unpaired) electrons. The van der Waals surface area contributed by atoms with Gasteiger partial charge in [0.25, 0.3) is 11.8 Å². The summed E-state index contributed by atoms with van der Waals surface area (Å²) in [5.74, 6) is 0.648. The normalized spacial score (nSPS) is 13.3. The van der Waals surface area contributed by atoms with Crippen molar-refractivity contribution >= 4 is 17.5 Å². The van der Waals surface area contributed by atoms with Crippen LogP contribution in [0.2, 0.25) is 0 Å². The Bertz CT molecular complexity index is 1350. The summed E-state index contributed by atoms with van der Waals surface area (Å²) in [6, 6.07) is 9.60. The molecule has 3 aromatic heterocycles. The second-order valence-electron chi connectivity index (χ2n) is 8.41. The lowest BCUT2D eigenvalue weighted by molar-refractivity contribution is 0.0826. The van der Waals surface area contributed by atoms with Crippen LogP contribution in [0.1, 0.15) is 39.1 Å². The molecule has 0 saturated heterocycles. The van der Waals surface area contributed by atoms with Crippen molar-refractivity contribution in [1.29, 1.82) is 0 Å². The summed E-state index contributed by atoms with van der Waals surface area (Å²) in [4.78, 5) is 35.4. The molecule has 1 saturated carbocycles. The smallest absolute Gasteiger partial charge is 0.254 e. The van der Waals surface area contributed by atoms with Crippen LogP contribution in [0.3, 0.4) is 0 Å². The van der Waals surface area contributed by atoms with Crippen molar-refractivity contribution < 1.29 is 9.59 Å². The van der Waals surface area contributed by atoms with Crippen molar-refractivity contribution in [2.45, 2.75) is 25.8 Å². The number of fused-ring (bicyclic) bond motifs is 1. The molecule has 8 nitrogen and oxygen atoms in total. The van der Waals surface area contributed by atoms with Crippen molar-refractivity contribution in [3.8, 4) is 17.1 Å². The number of imidazole rings is 2. The fraction of sp³-hybridized carbons (Fsp3) is 0.250. The minimum atomic E-state index is -0.0743. The maximum absolute atomic E-state index is 12.5. The first-order valence-electron chi connectivity index (χ1n) is 10.6. The molecule has 0 unspecified atom stereocenters. The number of nitrogens with zero attached hydrogens (tertiary/aromatic N) is 5. The summed E-state index contributed by atoms with van der Waals surface area (Å²) in [6.45, 7) is 2.00. The number of carbonyl (C=O) groups is 2. The second kappa shape index (κ2) is 7.64. The maximum atomic E-state index is 12.5. The average Bonchev–Trinajstić information content (AvgIpc) is 3.30. The number of carbonyl (C=O) groups excluding carboxylic acids is 2. The summed E-state index contributed by atoms with van der Waals surface area (Å²) in [6.07, 6.45) is 9.27. The van der Waals surface area contributed by atoms with Gasteiger partial charge in [0.05, 0.1) is 17.5 Å². The van der Waals surface area contributed by atoms with E-state index in [1.54, 1.807) is 43.8 Å². The van der Waals surface area contributed by atoms with Crippen LogP contribution in [0.4, 0.5) is 0 Å². The van der Waals surface area contributed by atoms with Crippen LogP contribution in [-0.2, 0) is 0 Å². The highest BCUT2D eigenvalue weighted by Gasteiger charge is 2.24. The number of amides is 2. The van der Waals surface area contributed by atoms with Gasteiger partial charge < -0.3 is 10.2 Å². The molecule has 2 amide bonds. The molecule has 0 bridgehead atoms. The van der Waals surface area contributed by atoms with E-state index in [9.17, 15) is 9.59 Å². The Labute approximate surface area is 185 Å². The highest BCUT2D eigenvalue weighted by atomic mass is 16.2. The molecule has 3 heterocycles. The van der Waals surface area contributed by atoms with Gasteiger partial charge in [0.15, 0.2) is 0 Å². The molecule has 4 aromatic rings. The predicted molar refractivity (Wildman–Crippen MR) is 121 cm³/mol. The fourth-order valence-electron chi connectivity index (χ4n) is 3.67. The molecule has 162 valence electrons. The molecule has 32 heavy (non-hydrogen) atoms. The number of rotatable bonds is 5. The van der Waals surface area contributed by atoms with Crippen molar-refractivity contribution in [1.82, 2.24) is 29.2 Å².